The molecule has 1 N–H and O–H groups in total. The van der Waals surface area contributed by atoms with Crippen LogP contribution in [0.1, 0.15) is 25.1 Å². The average Bonchev–Trinajstić information content (AvgIpc) is 2.93. The van der Waals surface area contributed by atoms with Crippen molar-refractivity contribution >= 4 is 12.0 Å². The maximum Gasteiger partial charge on any atom is 0.320 e. The number of nitrogens with zero attached hydrogens (tertiary/aromatic N) is 4. The maximum absolute atomic E-state index is 12.6. The van der Waals surface area contributed by atoms with Crippen molar-refractivity contribution in [1.82, 2.24) is 19.4 Å². The third kappa shape index (κ3) is 3.01. The summed E-state index contributed by atoms with van der Waals surface area (Å²) in [6, 6.07) is 0.0133. The predicted molar refractivity (Wildman–Crippen MR) is 74.6 cm³/mol. The van der Waals surface area contributed by atoms with E-state index < -0.39 is 5.97 Å². The van der Waals surface area contributed by atoms with E-state index in [9.17, 15) is 9.59 Å². The highest BCUT2D eigenvalue weighted by atomic mass is 16.4. The zero-order valence-corrected chi connectivity index (χ0v) is 11.9. The molecule has 2 amide bonds. The standard InChI is InChI=1S/C14H20N4O3/c19-13(20)8-11-2-1-4-17(9-11)14(21)18-7-6-16-5-3-15-12(16)10-18/h3,5,11H,1-2,4,6-10H2,(H,19,20). The smallest absolute Gasteiger partial charge is 0.320 e. The summed E-state index contributed by atoms with van der Waals surface area (Å²) < 4.78 is 2.06. The normalized spacial score (nSPS) is 22.0. The fourth-order valence-corrected chi connectivity index (χ4v) is 3.19. The van der Waals surface area contributed by atoms with Crippen LogP contribution in [0.5, 0.6) is 0 Å². The van der Waals surface area contributed by atoms with Gasteiger partial charge < -0.3 is 19.5 Å². The Morgan fingerprint density at radius 1 is 1.29 bits per heavy atom. The summed E-state index contributed by atoms with van der Waals surface area (Å²) in [7, 11) is 0. The minimum Gasteiger partial charge on any atom is -0.481 e. The van der Waals surface area contributed by atoms with E-state index in [0.717, 1.165) is 31.8 Å². The Labute approximate surface area is 123 Å². The van der Waals surface area contributed by atoms with Crippen molar-refractivity contribution in [2.24, 2.45) is 5.92 Å². The minimum atomic E-state index is -0.783. The zero-order valence-electron chi connectivity index (χ0n) is 11.9. The molecule has 1 atom stereocenters. The molecule has 1 aromatic rings. The number of piperidine rings is 1. The fourth-order valence-electron chi connectivity index (χ4n) is 3.19. The molecule has 0 saturated carbocycles. The highest BCUT2D eigenvalue weighted by Gasteiger charge is 2.30. The fraction of sp³-hybridized carbons (Fsp3) is 0.643. The summed E-state index contributed by atoms with van der Waals surface area (Å²) in [5.74, 6) is 0.204. The lowest BCUT2D eigenvalue weighted by Gasteiger charge is -2.37. The number of imidazole rings is 1. The number of fused-ring (bicyclic) bond motifs is 1. The molecule has 2 aliphatic heterocycles. The molecule has 2 aliphatic rings. The van der Waals surface area contributed by atoms with Gasteiger partial charge in [-0.15, -0.1) is 0 Å². The SMILES string of the molecule is O=C(O)CC1CCCN(C(=O)N2CCn3ccnc3C2)C1. The van der Waals surface area contributed by atoms with Gasteiger partial charge in [-0.05, 0) is 18.8 Å². The number of hydrogen-bond donors (Lipinski definition) is 1. The minimum absolute atomic E-state index is 0.0133. The monoisotopic (exact) mass is 292 g/mol. The third-order valence-electron chi connectivity index (χ3n) is 4.27. The largest absolute Gasteiger partial charge is 0.481 e. The van der Waals surface area contributed by atoms with Gasteiger partial charge in [0.05, 0.1) is 6.54 Å². The summed E-state index contributed by atoms with van der Waals surface area (Å²) in [5.41, 5.74) is 0. The Hall–Kier alpha value is -2.05. The molecule has 3 heterocycles. The lowest BCUT2D eigenvalue weighted by molar-refractivity contribution is -0.138. The molecule has 3 rings (SSSR count). The molecular weight excluding hydrogens is 272 g/mol. The van der Waals surface area contributed by atoms with Crippen LogP contribution in [0, 0.1) is 5.92 Å². The molecule has 1 aromatic heterocycles. The van der Waals surface area contributed by atoms with E-state index in [1.165, 1.54) is 0 Å². The molecule has 0 aromatic carbocycles. The molecule has 7 heteroatoms. The Balaban J connectivity index is 1.61. The van der Waals surface area contributed by atoms with Crippen molar-refractivity contribution in [2.45, 2.75) is 32.4 Å². The molecule has 0 aliphatic carbocycles. The number of likely N-dealkylation sites (tertiary alicyclic amines) is 1. The number of urea groups is 1. The zero-order chi connectivity index (χ0) is 14.8. The highest BCUT2D eigenvalue weighted by Crippen LogP contribution is 2.22. The van der Waals surface area contributed by atoms with E-state index in [0.29, 0.717) is 19.6 Å². The van der Waals surface area contributed by atoms with E-state index in [1.807, 2.05) is 11.1 Å². The van der Waals surface area contributed by atoms with Gasteiger partial charge in [-0.2, -0.15) is 0 Å². The van der Waals surface area contributed by atoms with Crippen LogP contribution in [-0.2, 0) is 17.9 Å². The van der Waals surface area contributed by atoms with E-state index in [4.69, 9.17) is 5.11 Å². The molecule has 1 fully saturated rings. The van der Waals surface area contributed by atoms with Gasteiger partial charge in [0.2, 0.25) is 0 Å². The molecule has 0 bridgehead atoms. The van der Waals surface area contributed by atoms with Crippen molar-refractivity contribution in [3.05, 3.63) is 18.2 Å². The van der Waals surface area contributed by atoms with Gasteiger partial charge in [-0.3, -0.25) is 4.79 Å². The van der Waals surface area contributed by atoms with Gasteiger partial charge in [-0.1, -0.05) is 0 Å². The number of carboxylic acid groups (broad SMARTS) is 1. The first kappa shape index (κ1) is 13.9. The number of rotatable bonds is 2. The van der Waals surface area contributed by atoms with Gasteiger partial charge in [0, 0.05) is 45.0 Å². The summed E-state index contributed by atoms with van der Waals surface area (Å²) in [6.07, 6.45) is 5.61. The highest BCUT2D eigenvalue weighted by molar-refractivity contribution is 5.75. The van der Waals surface area contributed by atoms with Crippen molar-refractivity contribution in [2.75, 3.05) is 19.6 Å². The summed E-state index contributed by atoms with van der Waals surface area (Å²) >= 11 is 0. The Morgan fingerprint density at radius 3 is 2.95 bits per heavy atom. The van der Waals surface area contributed by atoms with E-state index in [2.05, 4.69) is 9.55 Å². The number of carbonyl (C=O) groups excluding carboxylic acids is 1. The third-order valence-corrected chi connectivity index (χ3v) is 4.27. The molecule has 114 valence electrons. The number of aliphatic carboxylic acids is 1. The van der Waals surface area contributed by atoms with Crippen molar-refractivity contribution in [3.8, 4) is 0 Å². The van der Waals surface area contributed by atoms with Crippen LogP contribution in [-0.4, -0.2) is 56.1 Å². The van der Waals surface area contributed by atoms with Crippen LogP contribution in [0.4, 0.5) is 4.79 Å². The summed E-state index contributed by atoms with van der Waals surface area (Å²) in [6.45, 7) is 3.26. The number of amides is 2. The van der Waals surface area contributed by atoms with Crippen molar-refractivity contribution in [1.29, 1.82) is 0 Å². The van der Waals surface area contributed by atoms with Crippen LogP contribution in [0.3, 0.4) is 0 Å². The molecule has 1 unspecified atom stereocenters. The number of hydrogen-bond acceptors (Lipinski definition) is 3. The van der Waals surface area contributed by atoms with Gasteiger partial charge in [0.25, 0.3) is 0 Å². The number of carbonyl (C=O) groups is 2. The molecule has 21 heavy (non-hydrogen) atoms. The molecule has 1 saturated heterocycles. The summed E-state index contributed by atoms with van der Waals surface area (Å²) in [4.78, 5) is 31.3. The lowest BCUT2D eigenvalue weighted by Crippen LogP contribution is -2.49. The number of carboxylic acids is 1. The van der Waals surface area contributed by atoms with Gasteiger partial charge in [-0.25, -0.2) is 9.78 Å². The number of aromatic nitrogens is 2. The molecule has 0 spiro atoms. The second-order valence-corrected chi connectivity index (χ2v) is 5.79. The molecule has 7 nitrogen and oxygen atoms in total. The van der Waals surface area contributed by atoms with Crippen LogP contribution in [0.25, 0.3) is 0 Å². The Bertz CT molecular complexity index is 542. The van der Waals surface area contributed by atoms with Crippen LogP contribution in [0.15, 0.2) is 12.4 Å². The summed E-state index contributed by atoms with van der Waals surface area (Å²) in [5, 5.41) is 8.90. The van der Waals surface area contributed by atoms with Crippen LogP contribution < -0.4 is 0 Å². The quantitative estimate of drug-likeness (QED) is 0.882. The Morgan fingerprint density at radius 2 is 2.14 bits per heavy atom. The van der Waals surface area contributed by atoms with E-state index in [1.54, 1.807) is 11.1 Å². The molecular formula is C14H20N4O3. The van der Waals surface area contributed by atoms with Gasteiger partial charge in [0.15, 0.2) is 0 Å². The predicted octanol–water partition coefficient (Wildman–Crippen LogP) is 1.01. The van der Waals surface area contributed by atoms with Crippen LogP contribution >= 0.6 is 0 Å². The first-order chi connectivity index (χ1) is 10.1. The van der Waals surface area contributed by atoms with E-state index in [-0.39, 0.29) is 18.4 Å². The topological polar surface area (TPSA) is 78.7 Å². The van der Waals surface area contributed by atoms with E-state index >= 15 is 0 Å². The first-order valence-electron chi connectivity index (χ1n) is 7.39. The van der Waals surface area contributed by atoms with Crippen molar-refractivity contribution in [3.63, 3.8) is 0 Å². The second kappa shape index (κ2) is 5.75. The Kier molecular flexibility index (Phi) is 3.81. The second-order valence-electron chi connectivity index (χ2n) is 5.79. The molecule has 0 radical (unpaired) electrons. The van der Waals surface area contributed by atoms with Gasteiger partial charge in [0.1, 0.15) is 5.82 Å². The lowest BCUT2D eigenvalue weighted by atomic mass is 9.95. The van der Waals surface area contributed by atoms with Gasteiger partial charge >= 0.3 is 12.0 Å². The maximum atomic E-state index is 12.6. The first-order valence-corrected chi connectivity index (χ1v) is 7.39. The average molecular weight is 292 g/mol. The van der Waals surface area contributed by atoms with Crippen molar-refractivity contribution < 1.29 is 14.7 Å². The van der Waals surface area contributed by atoms with Crippen LogP contribution in [0.2, 0.25) is 0 Å².